The summed E-state index contributed by atoms with van der Waals surface area (Å²) in [6, 6.07) is 11.4. The van der Waals surface area contributed by atoms with Crippen LogP contribution in [0.1, 0.15) is 30.1 Å². The number of nitrogens with zero attached hydrogens (tertiary/aromatic N) is 1. The lowest BCUT2D eigenvalue weighted by Gasteiger charge is -2.11. The maximum absolute atomic E-state index is 12.3. The van der Waals surface area contributed by atoms with E-state index in [4.69, 9.17) is 4.74 Å². The van der Waals surface area contributed by atoms with Gasteiger partial charge in [0.2, 0.25) is 0 Å². The molecule has 1 aromatic heterocycles. The summed E-state index contributed by atoms with van der Waals surface area (Å²) in [6.45, 7) is 2.29. The molecule has 0 saturated heterocycles. The van der Waals surface area contributed by atoms with Crippen LogP contribution in [0.3, 0.4) is 0 Å². The number of fused-ring (bicyclic) bond motifs is 1. The number of ether oxygens (including phenoxy) is 1. The number of para-hydroxylation sites is 1. The van der Waals surface area contributed by atoms with Gasteiger partial charge in [-0.1, -0.05) is 25.5 Å². The van der Waals surface area contributed by atoms with Crippen LogP contribution < -0.4 is 10.6 Å². The summed E-state index contributed by atoms with van der Waals surface area (Å²) in [5, 5.41) is 4.98. The number of aromatic amines is 1. The molecule has 0 radical (unpaired) electrons. The molecular formula is C20H20N4O4. The maximum Gasteiger partial charge on any atom is 0.340 e. The van der Waals surface area contributed by atoms with Gasteiger partial charge in [0.15, 0.2) is 0 Å². The van der Waals surface area contributed by atoms with E-state index in [-0.39, 0.29) is 11.3 Å². The van der Waals surface area contributed by atoms with Gasteiger partial charge in [-0.05, 0) is 36.8 Å². The Morgan fingerprint density at radius 1 is 1.07 bits per heavy atom. The van der Waals surface area contributed by atoms with Gasteiger partial charge in [-0.25, -0.2) is 9.78 Å². The van der Waals surface area contributed by atoms with Gasteiger partial charge in [0.05, 0.1) is 35.2 Å². The van der Waals surface area contributed by atoms with Crippen LogP contribution in [-0.4, -0.2) is 34.4 Å². The molecule has 8 nitrogen and oxygen atoms in total. The van der Waals surface area contributed by atoms with E-state index in [1.54, 1.807) is 36.7 Å². The number of hydrogen-bond donors (Lipinski definition) is 3. The Kier molecular flexibility index (Phi) is 6.01. The number of nitrogens with one attached hydrogen (secondary N) is 3. The Morgan fingerprint density at radius 2 is 1.86 bits per heavy atom. The van der Waals surface area contributed by atoms with Crippen molar-refractivity contribution < 1.29 is 19.1 Å². The van der Waals surface area contributed by atoms with Crippen LogP contribution in [0.5, 0.6) is 0 Å². The van der Waals surface area contributed by atoms with E-state index >= 15 is 0 Å². The fourth-order valence-corrected chi connectivity index (χ4v) is 2.54. The summed E-state index contributed by atoms with van der Waals surface area (Å²) >= 11 is 0. The zero-order valence-electron chi connectivity index (χ0n) is 15.3. The van der Waals surface area contributed by atoms with Gasteiger partial charge in [-0.15, -0.1) is 0 Å². The van der Waals surface area contributed by atoms with Gasteiger partial charge in [0, 0.05) is 5.69 Å². The highest BCUT2D eigenvalue weighted by Crippen LogP contribution is 2.18. The lowest BCUT2D eigenvalue weighted by atomic mass is 10.1. The van der Waals surface area contributed by atoms with E-state index < -0.39 is 17.8 Å². The second-order valence-electron chi connectivity index (χ2n) is 6.08. The molecule has 0 aliphatic carbocycles. The second-order valence-corrected chi connectivity index (χ2v) is 6.08. The number of carbonyl (C=O) groups excluding carboxylic acids is 3. The minimum absolute atomic E-state index is 0.193. The molecule has 0 saturated carbocycles. The molecule has 0 unspecified atom stereocenters. The molecule has 2 aromatic carbocycles. The molecule has 0 bridgehead atoms. The number of hydrogen-bond acceptors (Lipinski definition) is 5. The van der Waals surface area contributed by atoms with Crippen LogP contribution in [-0.2, 0) is 14.3 Å². The van der Waals surface area contributed by atoms with Crippen molar-refractivity contribution in [1.82, 2.24) is 9.97 Å². The Bertz CT molecular complexity index is 1010. The molecule has 28 heavy (non-hydrogen) atoms. The summed E-state index contributed by atoms with van der Waals surface area (Å²) in [4.78, 5) is 43.7. The monoisotopic (exact) mass is 380 g/mol. The Hall–Kier alpha value is -3.68. The smallest absolute Gasteiger partial charge is 0.340 e. The van der Waals surface area contributed by atoms with Crippen molar-refractivity contribution >= 4 is 40.2 Å². The highest BCUT2D eigenvalue weighted by molar-refractivity contribution is 6.44. The first-order chi connectivity index (χ1) is 13.6. The van der Waals surface area contributed by atoms with Crippen LogP contribution in [0.2, 0.25) is 0 Å². The molecule has 0 atom stereocenters. The van der Waals surface area contributed by atoms with Gasteiger partial charge < -0.3 is 20.4 Å². The lowest BCUT2D eigenvalue weighted by Crippen LogP contribution is -2.29. The molecule has 8 heteroatoms. The van der Waals surface area contributed by atoms with Gasteiger partial charge in [0.1, 0.15) is 0 Å². The molecule has 144 valence electrons. The van der Waals surface area contributed by atoms with Gasteiger partial charge in [-0.2, -0.15) is 0 Å². The Labute approximate surface area is 161 Å². The van der Waals surface area contributed by atoms with Gasteiger partial charge in [0.25, 0.3) is 0 Å². The minimum Gasteiger partial charge on any atom is -0.462 e. The number of unbranched alkanes of at least 4 members (excludes halogenated alkanes) is 1. The molecule has 3 aromatic rings. The van der Waals surface area contributed by atoms with Gasteiger partial charge in [-0.3, -0.25) is 9.59 Å². The van der Waals surface area contributed by atoms with Crippen molar-refractivity contribution in [2.75, 3.05) is 17.2 Å². The zero-order valence-corrected chi connectivity index (χ0v) is 15.3. The molecule has 2 amide bonds. The number of amides is 2. The van der Waals surface area contributed by atoms with Crippen molar-refractivity contribution in [3.63, 3.8) is 0 Å². The van der Waals surface area contributed by atoms with Gasteiger partial charge >= 0.3 is 17.8 Å². The predicted octanol–water partition coefficient (Wildman–Crippen LogP) is 3.10. The summed E-state index contributed by atoms with van der Waals surface area (Å²) in [7, 11) is 0. The highest BCUT2D eigenvalue weighted by Gasteiger charge is 2.19. The number of anilines is 2. The largest absolute Gasteiger partial charge is 0.462 e. The van der Waals surface area contributed by atoms with Crippen LogP contribution in [0.4, 0.5) is 11.4 Å². The third-order valence-electron chi connectivity index (χ3n) is 4.01. The predicted molar refractivity (Wildman–Crippen MR) is 105 cm³/mol. The van der Waals surface area contributed by atoms with Crippen molar-refractivity contribution in [1.29, 1.82) is 0 Å². The second kappa shape index (κ2) is 8.81. The van der Waals surface area contributed by atoms with E-state index in [9.17, 15) is 14.4 Å². The SMILES string of the molecule is CCCCOC(=O)c1ccccc1NC(=O)C(=O)Nc1ccc2nc[nH]c2c1. The van der Waals surface area contributed by atoms with E-state index in [1.165, 1.54) is 12.1 Å². The van der Waals surface area contributed by atoms with Crippen LogP contribution in [0.15, 0.2) is 48.8 Å². The quantitative estimate of drug-likeness (QED) is 0.345. The number of imidazole rings is 1. The minimum atomic E-state index is -0.890. The van der Waals surface area contributed by atoms with E-state index in [1.807, 2.05) is 6.92 Å². The van der Waals surface area contributed by atoms with Crippen molar-refractivity contribution in [2.24, 2.45) is 0 Å². The molecule has 0 aliphatic rings. The summed E-state index contributed by atoms with van der Waals surface area (Å²) < 4.78 is 5.18. The summed E-state index contributed by atoms with van der Waals surface area (Å²) in [5.41, 5.74) is 2.34. The molecule has 1 heterocycles. The molecule has 0 spiro atoms. The molecular weight excluding hydrogens is 360 g/mol. The number of aromatic nitrogens is 2. The standard InChI is InChI=1S/C20H20N4O4/c1-2-3-10-28-20(27)14-6-4-5-7-15(14)24-19(26)18(25)23-13-8-9-16-17(11-13)22-12-21-16/h4-9,11-12H,2-3,10H2,1H3,(H,21,22)(H,23,25)(H,24,26). The average Bonchev–Trinajstić information content (AvgIpc) is 3.16. The fourth-order valence-electron chi connectivity index (χ4n) is 2.54. The van der Waals surface area contributed by atoms with Crippen molar-refractivity contribution in [3.05, 3.63) is 54.4 Å². The van der Waals surface area contributed by atoms with E-state index in [0.717, 1.165) is 23.9 Å². The Morgan fingerprint density at radius 3 is 2.68 bits per heavy atom. The maximum atomic E-state index is 12.3. The first-order valence-electron chi connectivity index (χ1n) is 8.90. The third kappa shape index (κ3) is 4.53. The van der Waals surface area contributed by atoms with E-state index in [0.29, 0.717) is 12.3 Å². The fraction of sp³-hybridized carbons (Fsp3) is 0.200. The van der Waals surface area contributed by atoms with Crippen molar-refractivity contribution in [3.8, 4) is 0 Å². The first kappa shape index (κ1) is 19.1. The lowest BCUT2D eigenvalue weighted by molar-refractivity contribution is -0.133. The summed E-state index contributed by atoms with van der Waals surface area (Å²) in [6.07, 6.45) is 3.19. The van der Waals surface area contributed by atoms with E-state index in [2.05, 4.69) is 20.6 Å². The highest BCUT2D eigenvalue weighted by atomic mass is 16.5. The van der Waals surface area contributed by atoms with Crippen LogP contribution >= 0.6 is 0 Å². The number of carbonyl (C=O) groups is 3. The first-order valence-corrected chi connectivity index (χ1v) is 8.90. The third-order valence-corrected chi connectivity index (χ3v) is 4.01. The zero-order chi connectivity index (χ0) is 19.9. The van der Waals surface area contributed by atoms with Crippen molar-refractivity contribution in [2.45, 2.75) is 19.8 Å². The number of esters is 1. The van der Waals surface area contributed by atoms with Crippen LogP contribution in [0.25, 0.3) is 11.0 Å². The molecule has 0 fully saturated rings. The number of H-pyrrole nitrogens is 1. The Balaban J connectivity index is 1.66. The number of rotatable bonds is 6. The topological polar surface area (TPSA) is 113 Å². The molecule has 0 aliphatic heterocycles. The average molecular weight is 380 g/mol. The summed E-state index contributed by atoms with van der Waals surface area (Å²) in [5.74, 6) is -2.29. The molecule has 3 N–H and O–H groups in total. The number of benzene rings is 2. The molecule has 3 rings (SSSR count). The normalized spacial score (nSPS) is 10.5. The van der Waals surface area contributed by atoms with Crippen LogP contribution in [0, 0.1) is 0 Å².